The maximum atomic E-state index is 4.21. The van der Waals surface area contributed by atoms with Gasteiger partial charge < -0.3 is 9.78 Å². The third kappa shape index (κ3) is 10.6. The molecule has 2 heterocycles. The maximum absolute atomic E-state index is 4.21. The zero-order chi connectivity index (χ0) is 9.78. The zero-order valence-electron chi connectivity index (χ0n) is 7.01. The molecule has 0 aromatic heterocycles. The number of hydrogen-bond donors (Lipinski definition) is 0. The van der Waals surface area contributed by atoms with Gasteiger partial charge in [-0.2, -0.15) is 0 Å². The molecule has 2 radical (unpaired) electrons. The summed E-state index contributed by atoms with van der Waals surface area (Å²) in [6, 6.07) is 0. The Morgan fingerprint density at radius 1 is 0.923 bits per heavy atom. The summed E-state index contributed by atoms with van der Waals surface area (Å²) >= 11 is 0. The van der Waals surface area contributed by atoms with Gasteiger partial charge >= 0.3 is 15.0 Å². The van der Waals surface area contributed by atoms with Crippen LogP contribution in [-0.2, 0) is 19.4 Å². The SMILES string of the molecule is C=C=C.[B]1C=COO1.[B]1C=COO1. The lowest BCUT2D eigenvalue weighted by molar-refractivity contribution is -0.138. The van der Waals surface area contributed by atoms with Gasteiger partial charge in [0.1, 0.15) is 12.5 Å². The van der Waals surface area contributed by atoms with Crippen molar-refractivity contribution in [2.75, 3.05) is 0 Å². The van der Waals surface area contributed by atoms with Gasteiger partial charge in [0.05, 0.1) is 0 Å². The minimum absolute atomic E-state index is 1.46. The Morgan fingerprint density at radius 2 is 1.31 bits per heavy atom. The van der Waals surface area contributed by atoms with Crippen molar-refractivity contribution in [1.82, 2.24) is 0 Å². The second kappa shape index (κ2) is 10.6. The molecular formula is C7H8B2O4. The molecule has 0 N–H and O–H groups in total. The quantitative estimate of drug-likeness (QED) is 0.315. The largest absolute Gasteiger partial charge is 0.394 e. The van der Waals surface area contributed by atoms with Crippen LogP contribution in [-0.4, -0.2) is 15.0 Å². The molecule has 2 aliphatic rings. The average Bonchev–Trinajstić information content (AvgIpc) is 2.85. The van der Waals surface area contributed by atoms with Crippen molar-refractivity contribution < 1.29 is 19.4 Å². The molecule has 0 unspecified atom stereocenters. The summed E-state index contributed by atoms with van der Waals surface area (Å²) in [6.45, 7) is 6.25. The van der Waals surface area contributed by atoms with E-state index in [1.54, 1.807) is 12.0 Å². The first-order chi connectivity index (χ1) is 6.41. The topological polar surface area (TPSA) is 36.9 Å². The van der Waals surface area contributed by atoms with Crippen molar-refractivity contribution in [1.29, 1.82) is 0 Å². The van der Waals surface area contributed by atoms with E-state index < -0.39 is 0 Å². The molecule has 4 nitrogen and oxygen atoms in total. The van der Waals surface area contributed by atoms with Gasteiger partial charge in [-0.05, 0) is 12.0 Å². The van der Waals surface area contributed by atoms with E-state index in [4.69, 9.17) is 0 Å². The lowest BCUT2D eigenvalue weighted by Crippen LogP contribution is -1.79. The van der Waals surface area contributed by atoms with Gasteiger partial charge in [0.25, 0.3) is 0 Å². The van der Waals surface area contributed by atoms with E-state index in [1.807, 2.05) is 0 Å². The van der Waals surface area contributed by atoms with Crippen LogP contribution < -0.4 is 0 Å². The van der Waals surface area contributed by atoms with Crippen molar-refractivity contribution in [2.45, 2.75) is 0 Å². The molecule has 0 amide bonds. The number of hydrogen-bond acceptors (Lipinski definition) is 4. The highest BCUT2D eigenvalue weighted by Gasteiger charge is 1.90. The normalized spacial score (nSPS) is 14.2. The molecule has 0 aromatic rings. The van der Waals surface area contributed by atoms with Crippen LogP contribution >= 0.6 is 0 Å². The van der Waals surface area contributed by atoms with Crippen LogP contribution in [0.5, 0.6) is 0 Å². The summed E-state index contributed by atoms with van der Waals surface area (Å²) in [4.78, 5) is 16.8. The first-order valence-electron chi connectivity index (χ1n) is 3.32. The molecule has 0 atom stereocenters. The summed E-state index contributed by atoms with van der Waals surface area (Å²) in [5.74, 6) is 3.33. The van der Waals surface area contributed by atoms with Crippen molar-refractivity contribution in [3.05, 3.63) is 43.4 Å². The van der Waals surface area contributed by atoms with Gasteiger partial charge in [-0.25, -0.2) is 0 Å². The van der Waals surface area contributed by atoms with Crippen LogP contribution in [0.1, 0.15) is 0 Å². The fourth-order valence-corrected chi connectivity index (χ4v) is 0.321. The average molecular weight is 178 g/mol. The summed E-state index contributed by atoms with van der Waals surface area (Å²) in [6.07, 6.45) is 2.92. The summed E-state index contributed by atoms with van der Waals surface area (Å²) in [5.41, 5.74) is 2.25. The lowest BCUT2D eigenvalue weighted by atomic mass is 10.1. The first-order valence-corrected chi connectivity index (χ1v) is 3.32. The van der Waals surface area contributed by atoms with E-state index in [9.17, 15) is 0 Å². The van der Waals surface area contributed by atoms with Gasteiger partial charge in [0.2, 0.25) is 0 Å². The van der Waals surface area contributed by atoms with Gasteiger partial charge in [0, 0.05) is 0 Å². The number of rotatable bonds is 0. The van der Waals surface area contributed by atoms with Crippen LogP contribution in [0.15, 0.2) is 43.4 Å². The van der Waals surface area contributed by atoms with Gasteiger partial charge in [0.15, 0.2) is 0 Å². The second-order valence-corrected chi connectivity index (χ2v) is 1.56. The predicted molar refractivity (Wildman–Crippen MR) is 48.9 cm³/mol. The van der Waals surface area contributed by atoms with Crippen LogP contribution in [0.3, 0.4) is 0 Å². The van der Waals surface area contributed by atoms with Crippen LogP contribution in [0.25, 0.3) is 0 Å². The van der Waals surface area contributed by atoms with Gasteiger partial charge in [-0.3, -0.25) is 9.61 Å². The monoisotopic (exact) mass is 178 g/mol. The van der Waals surface area contributed by atoms with Crippen molar-refractivity contribution in [3.63, 3.8) is 0 Å². The molecule has 13 heavy (non-hydrogen) atoms. The molecule has 0 fully saturated rings. The van der Waals surface area contributed by atoms with Crippen LogP contribution in [0, 0.1) is 0 Å². The fourth-order valence-electron chi connectivity index (χ4n) is 0.321. The highest BCUT2D eigenvalue weighted by atomic mass is 17.2. The highest BCUT2D eigenvalue weighted by molar-refractivity contribution is 6.34. The minimum Gasteiger partial charge on any atom is -0.363 e. The van der Waals surface area contributed by atoms with E-state index in [-0.39, 0.29) is 0 Å². The van der Waals surface area contributed by atoms with Crippen molar-refractivity contribution >= 4 is 15.0 Å². The van der Waals surface area contributed by atoms with Crippen molar-refractivity contribution in [3.8, 4) is 0 Å². The summed E-state index contributed by atoms with van der Waals surface area (Å²) in [5, 5.41) is 0. The second-order valence-electron chi connectivity index (χ2n) is 1.56. The summed E-state index contributed by atoms with van der Waals surface area (Å²) < 4.78 is 0. The zero-order valence-corrected chi connectivity index (χ0v) is 7.01. The van der Waals surface area contributed by atoms with Crippen LogP contribution in [0.2, 0.25) is 0 Å². The Kier molecular flexibility index (Phi) is 9.54. The molecular weight excluding hydrogens is 170 g/mol. The van der Waals surface area contributed by atoms with Crippen molar-refractivity contribution in [2.24, 2.45) is 0 Å². The Balaban J connectivity index is 0.000000174. The molecule has 2 aliphatic heterocycles. The minimum atomic E-state index is 1.46. The molecule has 66 valence electrons. The molecule has 2 rings (SSSR count). The molecule has 0 saturated heterocycles. The molecule has 0 aromatic carbocycles. The standard InChI is InChI=1S/C3H4.2C2H2BO2/c1-3-2;2*1-2-4-5-3-1/h1-2H2;2*1-2H. The fraction of sp³-hybridized carbons (Fsp3) is 0. The van der Waals surface area contributed by atoms with E-state index in [0.29, 0.717) is 0 Å². The Bertz CT molecular complexity index is 169. The molecule has 0 bridgehead atoms. The smallest absolute Gasteiger partial charge is 0.363 e. The molecule has 0 aliphatic carbocycles. The van der Waals surface area contributed by atoms with E-state index in [0.717, 1.165) is 0 Å². The molecule has 0 spiro atoms. The highest BCUT2D eigenvalue weighted by Crippen LogP contribution is 1.86. The molecule has 0 saturated carbocycles. The Hall–Kier alpha value is -1.35. The van der Waals surface area contributed by atoms with E-state index in [2.05, 4.69) is 38.3 Å². The molecule has 6 heteroatoms. The van der Waals surface area contributed by atoms with Crippen LogP contribution in [0.4, 0.5) is 0 Å². The maximum Gasteiger partial charge on any atom is 0.394 e. The third-order valence-electron chi connectivity index (χ3n) is 0.648. The first kappa shape index (κ1) is 11.6. The van der Waals surface area contributed by atoms with Gasteiger partial charge in [-0.1, -0.05) is 13.2 Å². The predicted octanol–water partition coefficient (Wildman–Crippen LogP) is 1.03. The van der Waals surface area contributed by atoms with E-state index >= 15 is 0 Å². The van der Waals surface area contributed by atoms with E-state index in [1.165, 1.54) is 27.5 Å². The summed E-state index contributed by atoms with van der Waals surface area (Å²) in [7, 11) is 2.92. The Morgan fingerprint density at radius 3 is 1.38 bits per heavy atom. The third-order valence-corrected chi connectivity index (χ3v) is 0.648. The lowest BCUT2D eigenvalue weighted by Gasteiger charge is -1.80. The van der Waals surface area contributed by atoms with Gasteiger partial charge in [-0.15, -0.1) is 5.73 Å². The Labute approximate surface area is 78.5 Å².